The number of aliphatic hydroxyl groups is 1. The fourth-order valence-corrected chi connectivity index (χ4v) is 3.75. The van der Waals surface area contributed by atoms with Crippen molar-refractivity contribution in [1.82, 2.24) is 9.80 Å². The van der Waals surface area contributed by atoms with Gasteiger partial charge in [0.1, 0.15) is 6.61 Å². The van der Waals surface area contributed by atoms with Gasteiger partial charge in [0.15, 0.2) is 0 Å². The number of hydrogen-bond acceptors (Lipinski definition) is 5. The quantitative estimate of drug-likeness (QED) is 0.257. The second kappa shape index (κ2) is 15.8. The summed E-state index contributed by atoms with van der Waals surface area (Å²) in [7, 11) is 3.90. The number of likely N-dealkylation sites (N-methyl/N-ethyl adjacent to an activating group) is 1. The van der Waals surface area contributed by atoms with Crippen molar-refractivity contribution >= 4 is 24.3 Å². The van der Waals surface area contributed by atoms with Crippen molar-refractivity contribution in [2.45, 2.75) is 63.5 Å². The van der Waals surface area contributed by atoms with E-state index in [2.05, 4.69) is 0 Å². The summed E-state index contributed by atoms with van der Waals surface area (Å²) in [5.41, 5.74) is 1.10. The molecule has 6 nitrogen and oxygen atoms in total. The van der Waals surface area contributed by atoms with Gasteiger partial charge in [-0.15, -0.1) is 12.4 Å². The van der Waals surface area contributed by atoms with Gasteiger partial charge in [-0.25, -0.2) is 0 Å². The molecule has 7 heteroatoms. The number of carbonyl (C=O) groups is 2. The fraction of sp³-hybridized carbons (Fsp3) is 0.600. The molecule has 1 N–H and O–H groups in total. The van der Waals surface area contributed by atoms with Gasteiger partial charge < -0.3 is 19.6 Å². The number of amides is 1. The number of hydrogen-bond donors (Lipinski definition) is 1. The lowest BCUT2D eigenvalue weighted by molar-refractivity contribution is -0.144. The molecule has 1 aromatic rings. The first-order valence-corrected chi connectivity index (χ1v) is 11.5. The second-order valence-corrected chi connectivity index (χ2v) is 8.52. The van der Waals surface area contributed by atoms with Crippen LogP contribution < -0.4 is 0 Å². The number of unbranched alkanes of at least 4 members (excludes halogenated alkanes) is 3. The van der Waals surface area contributed by atoms with E-state index in [1.165, 1.54) is 0 Å². The average Bonchev–Trinajstić information content (AvgIpc) is 3.09. The Bertz CT molecular complexity index is 696. The van der Waals surface area contributed by atoms with Gasteiger partial charge in [-0.2, -0.15) is 0 Å². The number of ether oxygens (including phenoxy) is 1. The molecule has 1 heterocycles. The molecule has 0 radical (unpaired) electrons. The number of benzene rings is 1. The number of aliphatic hydroxyl groups excluding tert-OH is 1. The predicted molar refractivity (Wildman–Crippen MR) is 130 cm³/mol. The molecule has 1 amide bonds. The number of carbonyl (C=O) groups excluding carboxylic acids is 2. The van der Waals surface area contributed by atoms with Crippen LogP contribution in [-0.2, 0) is 20.7 Å². The fourth-order valence-electron chi connectivity index (χ4n) is 3.75. The maximum Gasteiger partial charge on any atom is 0.305 e. The standard InChI is InChI=1S/C25H38N2O4.ClH/c1-26(2)18-19-31-25(30)12-8-3-4-9-17-27-22(14-16-24(27)29)13-15-23(28)20-21-10-6-5-7-11-21;/h5-7,10-11,13,15,22-23,28H,3-4,8-9,12,14,16-20H2,1-2H3;1H/b15-13+;/t22-,23+;/m0./s1. The van der Waals surface area contributed by atoms with Crippen LogP contribution >= 0.6 is 12.4 Å². The van der Waals surface area contributed by atoms with Gasteiger partial charge in [0.05, 0.1) is 12.1 Å². The Hall–Kier alpha value is -1.89. The zero-order valence-corrected chi connectivity index (χ0v) is 20.3. The Labute approximate surface area is 199 Å². The van der Waals surface area contributed by atoms with Gasteiger partial charge in [0.2, 0.25) is 5.91 Å². The second-order valence-electron chi connectivity index (χ2n) is 8.52. The van der Waals surface area contributed by atoms with Crippen LogP contribution in [0.15, 0.2) is 42.5 Å². The highest BCUT2D eigenvalue weighted by Gasteiger charge is 2.28. The third-order valence-corrected chi connectivity index (χ3v) is 5.55. The Kier molecular flexibility index (Phi) is 13.9. The summed E-state index contributed by atoms with van der Waals surface area (Å²) >= 11 is 0. The Morgan fingerprint density at radius 2 is 1.94 bits per heavy atom. The minimum absolute atomic E-state index is 0. The highest BCUT2D eigenvalue weighted by Crippen LogP contribution is 2.21. The molecule has 0 saturated carbocycles. The van der Waals surface area contributed by atoms with Gasteiger partial charge in [-0.3, -0.25) is 9.59 Å². The van der Waals surface area contributed by atoms with E-state index < -0.39 is 6.10 Å². The maximum absolute atomic E-state index is 12.2. The van der Waals surface area contributed by atoms with Crippen LogP contribution in [0.2, 0.25) is 0 Å². The van der Waals surface area contributed by atoms with Crippen LogP contribution in [0.5, 0.6) is 0 Å². The van der Waals surface area contributed by atoms with E-state index in [0.717, 1.165) is 50.8 Å². The van der Waals surface area contributed by atoms with E-state index in [-0.39, 0.29) is 30.3 Å². The molecular weight excluding hydrogens is 428 g/mol. The van der Waals surface area contributed by atoms with Crippen LogP contribution in [0.3, 0.4) is 0 Å². The Balaban J connectivity index is 0.00000512. The monoisotopic (exact) mass is 466 g/mol. The van der Waals surface area contributed by atoms with Crippen molar-refractivity contribution in [2.75, 3.05) is 33.8 Å². The molecule has 1 saturated heterocycles. The first kappa shape index (κ1) is 28.1. The lowest BCUT2D eigenvalue weighted by Crippen LogP contribution is -2.32. The molecule has 1 aromatic carbocycles. The number of rotatable bonds is 14. The summed E-state index contributed by atoms with van der Waals surface area (Å²) in [6.07, 6.45) is 9.39. The molecule has 0 aliphatic carbocycles. The highest BCUT2D eigenvalue weighted by atomic mass is 35.5. The smallest absolute Gasteiger partial charge is 0.305 e. The first-order chi connectivity index (χ1) is 15.0. The van der Waals surface area contributed by atoms with E-state index in [9.17, 15) is 14.7 Å². The van der Waals surface area contributed by atoms with Crippen molar-refractivity contribution in [1.29, 1.82) is 0 Å². The van der Waals surface area contributed by atoms with Crippen molar-refractivity contribution in [3.05, 3.63) is 48.0 Å². The normalized spacial score (nSPS) is 17.1. The highest BCUT2D eigenvalue weighted by molar-refractivity contribution is 5.85. The van der Waals surface area contributed by atoms with Crippen LogP contribution in [-0.4, -0.2) is 72.7 Å². The molecule has 1 fully saturated rings. The summed E-state index contributed by atoms with van der Waals surface area (Å²) in [6, 6.07) is 9.99. The van der Waals surface area contributed by atoms with Gasteiger partial charge >= 0.3 is 5.97 Å². The number of likely N-dealkylation sites (tertiary alicyclic amines) is 1. The zero-order valence-electron chi connectivity index (χ0n) is 19.4. The molecule has 0 aromatic heterocycles. The molecule has 2 rings (SSSR count). The largest absolute Gasteiger partial charge is 0.464 e. The Morgan fingerprint density at radius 1 is 1.22 bits per heavy atom. The van der Waals surface area contributed by atoms with Gasteiger partial charge in [-0.05, 0) is 38.9 Å². The first-order valence-electron chi connectivity index (χ1n) is 11.5. The summed E-state index contributed by atoms with van der Waals surface area (Å²) in [5.74, 6) is 0.0625. The maximum atomic E-state index is 12.2. The molecule has 32 heavy (non-hydrogen) atoms. The number of halogens is 1. The summed E-state index contributed by atoms with van der Waals surface area (Å²) < 4.78 is 5.19. The van der Waals surface area contributed by atoms with Crippen molar-refractivity contribution in [3.8, 4) is 0 Å². The van der Waals surface area contributed by atoms with Crippen molar-refractivity contribution in [3.63, 3.8) is 0 Å². The van der Waals surface area contributed by atoms with Crippen LogP contribution in [0.25, 0.3) is 0 Å². The van der Waals surface area contributed by atoms with Crippen molar-refractivity contribution < 1.29 is 19.4 Å². The molecule has 0 spiro atoms. The topological polar surface area (TPSA) is 70.1 Å². The van der Waals surface area contributed by atoms with Crippen LogP contribution in [0, 0.1) is 0 Å². The number of esters is 1. The third-order valence-electron chi connectivity index (χ3n) is 5.55. The van der Waals surface area contributed by atoms with E-state index in [4.69, 9.17) is 4.74 Å². The summed E-state index contributed by atoms with van der Waals surface area (Å²) in [5, 5.41) is 10.3. The summed E-state index contributed by atoms with van der Waals surface area (Å²) in [6.45, 7) is 1.92. The third kappa shape index (κ3) is 11.1. The van der Waals surface area contributed by atoms with Gasteiger partial charge in [-0.1, -0.05) is 55.3 Å². The molecule has 180 valence electrons. The Morgan fingerprint density at radius 3 is 2.66 bits per heavy atom. The van der Waals surface area contributed by atoms with Crippen LogP contribution in [0.1, 0.15) is 50.5 Å². The van der Waals surface area contributed by atoms with E-state index in [1.54, 1.807) is 0 Å². The molecule has 2 atom stereocenters. The molecule has 1 aliphatic heterocycles. The molecule has 0 bridgehead atoms. The summed E-state index contributed by atoms with van der Waals surface area (Å²) in [4.78, 5) is 27.8. The molecular formula is C25H39ClN2O4. The predicted octanol–water partition coefficient (Wildman–Crippen LogP) is 3.61. The van der Waals surface area contributed by atoms with Crippen molar-refractivity contribution in [2.24, 2.45) is 0 Å². The average molecular weight is 467 g/mol. The minimum atomic E-state index is -0.544. The molecule has 1 aliphatic rings. The molecule has 0 unspecified atom stereocenters. The lowest BCUT2D eigenvalue weighted by atomic mass is 10.1. The lowest BCUT2D eigenvalue weighted by Gasteiger charge is -2.22. The van der Waals surface area contributed by atoms with Gasteiger partial charge in [0.25, 0.3) is 0 Å². The zero-order chi connectivity index (χ0) is 22.5. The van der Waals surface area contributed by atoms with E-state index >= 15 is 0 Å². The number of nitrogens with zero attached hydrogens (tertiary/aromatic N) is 2. The van der Waals surface area contributed by atoms with E-state index in [1.807, 2.05) is 66.4 Å². The van der Waals surface area contributed by atoms with E-state index in [0.29, 0.717) is 25.9 Å². The SMILES string of the molecule is CN(C)CCOC(=O)CCCCCCN1C(=O)CC[C@@H]1/C=C/[C@@H](O)Cc1ccccc1.Cl. The van der Waals surface area contributed by atoms with Crippen LogP contribution in [0.4, 0.5) is 0 Å². The minimum Gasteiger partial charge on any atom is -0.464 e. The van der Waals surface area contributed by atoms with Gasteiger partial charge in [0, 0.05) is 32.4 Å².